The lowest BCUT2D eigenvalue weighted by molar-refractivity contribution is -0.135. The third-order valence-corrected chi connectivity index (χ3v) is 7.04. The molecule has 0 saturated carbocycles. The van der Waals surface area contributed by atoms with Crippen molar-refractivity contribution in [3.05, 3.63) is 87.4 Å². The quantitative estimate of drug-likeness (QED) is 0.442. The van der Waals surface area contributed by atoms with Crippen molar-refractivity contribution in [3.8, 4) is 5.75 Å². The number of benzene rings is 2. The van der Waals surface area contributed by atoms with Crippen LogP contribution in [-0.2, 0) is 11.2 Å². The van der Waals surface area contributed by atoms with E-state index in [1.165, 1.54) is 17.0 Å². The number of rotatable bonds is 8. The summed E-state index contributed by atoms with van der Waals surface area (Å²) in [4.78, 5) is 31.3. The van der Waals surface area contributed by atoms with E-state index in [2.05, 4.69) is 0 Å². The summed E-state index contributed by atoms with van der Waals surface area (Å²) in [6.45, 7) is 5.34. The van der Waals surface area contributed by atoms with Gasteiger partial charge in [-0.3, -0.25) is 9.59 Å². The van der Waals surface area contributed by atoms with Crippen LogP contribution in [-0.4, -0.2) is 47.9 Å². The molecule has 2 amide bonds. The van der Waals surface area contributed by atoms with E-state index in [-0.39, 0.29) is 36.8 Å². The molecule has 3 aromatic rings. The van der Waals surface area contributed by atoms with Crippen LogP contribution >= 0.6 is 11.3 Å². The minimum atomic E-state index is -0.323. The van der Waals surface area contributed by atoms with Crippen molar-refractivity contribution in [3.63, 3.8) is 0 Å². The number of hydrogen-bond donors (Lipinski definition) is 0. The number of hydrogen-bond acceptors (Lipinski definition) is 4. The number of aryl methyl sites for hydroxylation is 1. The Labute approximate surface area is 203 Å². The zero-order valence-electron chi connectivity index (χ0n) is 19.5. The molecule has 5 nitrogen and oxygen atoms in total. The van der Waals surface area contributed by atoms with Gasteiger partial charge in [0.25, 0.3) is 5.91 Å². The van der Waals surface area contributed by atoms with E-state index >= 15 is 0 Å². The van der Waals surface area contributed by atoms with Crippen molar-refractivity contribution in [2.24, 2.45) is 0 Å². The number of carbonyl (C=O) groups is 2. The summed E-state index contributed by atoms with van der Waals surface area (Å²) in [5.41, 5.74) is 2.75. The fourth-order valence-corrected chi connectivity index (χ4v) is 5.16. The van der Waals surface area contributed by atoms with Gasteiger partial charge in [-0.2, -0.15) is 0 Å². The smallest absolute Gasteiger partial charge is 0.254 e. The van der Waals surface area contributed by atoms with Crippen LogP contribution in [0.4, 0.5) is 4.39 Å². The number of amides is 2. The largest absolute Gasteiger partial charge is 0.491 e. The van der Waals surface area contributed by atoms with Gasteiger partial charge >= 0.3 is 0 Å². The van der Waals surface area contributed by atoms with Crippen LogP contribution in [0.1, 0.15) is 45.7 Å². The molecule has 7 heteroatoms. The van der Waals surface area contributed by atoms with E-state index in [9.17, 15) is 14.0 Å². The van der Waals surface area contributed by atoms with Crippen molar-refractivity contribution in [2.75, 3.05) is 26.2 Å². The summed E-state index contributed by atoms with van der Waals surface area (Å²) in [5, 5.41) is 2.04. The summed E-state index contributed by atoms with van der Waals surface area (Å²) >= 11 is 1.68. The highest BCUT2D eigenvalue weighted by atomic mass is 32.1. The van der Waals surface area contributed by atoms with Crippen molar-refractivity contribution >= 4 is 23.2 Å². The van der Waals surface area contributed by atoms with Gasteiger partial charge in [-0.25, -0.2) is 4.39 Å². The Hall–Kier alpha value is -3.19. The first-order valence-corrected chi connectivity index (χ1v) is 12.4. The highest BCUT2D eigenvalue weighted by Gasteiger charge is 2.33. The summed E-state index contributed by atoms with van der Waals surface area (Å²) in [6, 6.07) is 15.1. The molecule has 1 aliphatic rings. The highest BCUT2D eigenvalue weighted by molar-refractivity contribution is 7.10. The molecule has 0 aliphatic carbocycles. The molecule has 0 saturated heterocycles. The highest BCUT2D eigenvalue weighted by Crippen LogP contribution is 2.34. The number of carbonyl (C=O) groups excluding carboxylic acids is 2. The zero-order chi connectivity index (χ0) is 24.1. The maximum Gasteiger partial charge on any atom is 0.254 e. The molecule has 2 aromatic carbocycles. The van der Waals surface area contributed by atoms with Crippen molar-refractivity contribution in [1.82, 2.24) is 9.80 Å². The van der Waals surface area contributed by atoms with Gasteiger partial charge in [0, 0.05) is 23.5 Å². The molecule has 0 unspecified atom stereocenters. The fourth-order valence-electron chi connectivity index (χ4n) is 4.24. The molecular formula is C27H29FN2O3S. The second kappa shape index (κ2) is 10.8. The van der Waals surface area contributed by atoms with Gasteiger partial charge in [-0.05, 0) is 73.2 Å². The SMILES string of the molecule is CCCN(CC(=O)N1CCc2sccc2[C@H]1COc1ccc(F)cc1)C(=O)c1ccc(C)cc1. The van der Waals surface area contributed by atoms with E-state index in [0.717, 1.165) is 24.0 Å². The number of nitrogens with zero attached hydrogens (tertiary/aromatic N) is 2. The van der Waals surface area contributed by atoms with E-state index in [4.69, 9.17) is 4.74 Å². The Morgan fingerprint density at radius 1 is 1.12 bits per heavy atom. The molecule has 0 fully saturated rings. The molecule has 2 heterocycles. The Morgan fingerprint density at radius 2 is 1.85 bits per heavy atom. The summed E-state index contributed by atoms with van der Waals surface area (Å²) in [6.07, 6.45) is 1.54. The first kappa shape index (κ1) is 24.0. The Bertz CT molecular complexity index is 1130. The van der Waals surface area contributed by atoms with Crippen molar-refractivity contribution < 1.29 is 18.7 Å². The number of fused-ring (bicyclic) bond motifs is 1. The molecule has 4 rings (SSSR count). The first-order valence-electron chi connectivity index (χ1n) is 11.6. The molecular weight excluding hydrogens is 451 g/mol. The van der Waals surface area contributed by atoms with Crippen LogP contribution < -0.4 is 4.74 Å². The normalized spacial score (nSPS) is 15.0. The van der Waals surface area contributed by atoms with E-state index in [1.54, 1.807) is 28.4 Å². The lowest BCUT2D eigenvalue weighted by Gasteiger charge is -2.37. The molecule has 1 aliphatic heterocycles. The second-order valence-electron chi connectivity index (χ2n) is 8.51. The van der Waals surface area contributed by atoms with Crippen LogP contribution in [0.5, 0.6) is 5.75 Å². The van der Waals surface area contributed by atoms with Crippen LogP contribution in [0.15, 0.2) is 60.0 Å². The molecule has 0 N–H and O–H groups in total. The average Bonchev–Trinajstić information content (AvgIpc) is 3.32. The second-order valence-corrected chi connectivity index (χ2v) is 9.51. The Balaban J connectivity index is 1.51. The van der Waals surface area contributed by atoms with E-state index in [0.29, 0.717) is 24.4 Å². The number of ether oxygens (including phenoxy) is 1. The predicted molar refractivity (Wildman–Crippen MR) is 132 cm³/mol. The van der Waals surface area contributed by atoms with Gasteiger partial charge in [0.15, 0.2) is 0 Å². The molecule has 0 spiro atoms. The summed E-state index contributed by atoms with van der Waals surface area (Å²) < 4.78 is 19.2. The van der Waals surface area contributed by atoms with E-state index < -0.39 is 0 Å². The summed E-state index contributed by atoms with van der Waals surface area (Å²) in [5.74, 6) is -0.00415. The maximum atomic E-state index is 13.5. The third kappa shape index (κ3) is 5.47. The molecule has 0 radical (unpaired) electrons. The maximum absolute atomic E-state index is 13.5. The van der Waals surface area contributed by atoms with Gasteiger partial charge in [0.05, 0.1) is 6.04 Å². The standard InChI is InChI=1S/C27H29FN2O3S/c1-3-14-29(27(32)20-6-4-19(2)5-7-20)17-26(31)30-15-12-25-23(13-16-34-25)24(30)18-33-22-10-8-21(28)9-11-22/h4-11,13,16,24H,3,12,14-15,17-18H2,1-2H3/t24-/m1/s1. The number of halogens is 1. The predicted octanol–water partition coefficient (Wildman–Crippen LogP) is 5.25. The lowest BCUT2D eigenvalue weighted by atomic mass is 10.0. The van der Waals surface area contributed by atoms with Gasteiger partial charge in [0.2, 0.25) is 5.91 Å². The summed E-state index contributed by atoms with van der Waals surface area (Å²) in [7, 11) is 0. The fraction of sp³-hybridized carbons (Fsp3) is 0.333. The first-order chi connectivity index (χ1) is 16.5. The molecule has 34 heavy (non-hydrogen) atoms. The van der Waals surface area contributed by atoms with Gasteiger partial charge < -0.3 is 14.5 Å². The Kier molecular flexibility index (Phi) is 7.63. The topological polar surface area (TPSA) is 49.9 Å². The minimum Gasteiger partial charge on any atom is -0.491 e. The van der Waals surface area contributed by atoms with Crippen LogP contribution in [0, 0.1) is 12.7 Å². The monoisotopic (exact) mass is 480 g/mol. The average molecular weight is 481 g/mol. The van der Waals surface area contributed by atoms with Crippen LogP contribution in [0.2, 0.25) is 0 Å². The van der Waals surface area contributed by atoms with Gasteiger partial charge in [0.1, 0.15) is 24.7 Å². The Morgan fingerprint density at radius 3 is 2.56 bits per heavy atom. The van der Waals surface area contributed by atoms with Gasteiger partial charge in [-0.15, -0.1) is 11.3 Å². The van der Waals surface area contributed by atoms with Crippen molar-refractivity contribution in [1.29, 1.82) is 0 Å². The van der Waals surface area contributed by atoms with Crippen molar-refractivity contribution in [2.45, 2.75) is 32.7 Å². The molecule has 0 bridgehead atoms. The van der Waals surface area contributed by atoms with Gasteiger partial charge in [-0.1, -0.05) is 24.6 Å². The van der Waals surface area contributed by atoms with E-state index in [1.807, 2.05) is 54.5 Å². The molecule has 178 valence electrons. The molecule has 1 aromatic heterocycles. The number of thiophene rings is 1. The molecule has 1 atom stereocenters. The lowest BCUT2D eigenvalue weighted by Crippen LogP contribution is -2.48. The van der Waals surface area contributed by atoms with Crippen LogP contribution in [0.25, 0.3) is 0 Å². The zero-order valence-corrected chi connectivity index (χ0v) is 20.3. The third-order valence-electron chi connectivity index (χ3n) is 6.04. The minimum absolute atomic E-state index is 0.0209. The van der Waals surface area contributed by atoms with Crippen LogP contribution in [0.3, 0.4) is 0 Å².